The van der Waals surface area contributed by atoms with E-state index >= 15 is 0 Å². The van der Waals surface area contributed by atoms with Gasteiger partial charge in [0.25, 0.3) is 5.69 Å². The molecule has 0 saturated carbocycles. The van der Waals surface area contributed by atoms with Gasteiger partial charge in [0.15, 0.2) is 0 Å². The number of benzene rings is 2. The number of nitrogens with zero attached hydrogens (tertiary/aromatic N) is 2. The van der Waals surface area contributed by atoms with Crippen molar-refractivity contribution in [1.29, 1.82) is 0 Å². The first kappa shape index (κ1) is 13.7. The van der Waals surface area contributed by atoms with Crippen molar-refractivity contribution in [2.75, 3.05) is 0 Å². The van der Waals surface area contributed by atoms with Crippen LogP contribution in [0.15, 0.2) is 60.1 Å². The summed E-state index contributed by atoms with van der Waals surface area (Å²) in [6, 6.07) is 14.1. The van der Waals surface area contributed by atoms with Crippen LogP contribution in [0.3, 0.4) is 0 Å². The van der Waals surface area contributed by atoms with E-state index in [2.05, 4.69) is 11.6 Å². The van der Waals surface area contributed by atoms with Gasteiger partial charge in [-0.2, -0.15) is 0 Å². The quantitative estimate of drug-likeness (QED) is 0.468. The molecule has 0 fully saturated rings. The topological polar surface area (TPSA) is 55.5 Å². The second kappa shape index (κ2) is 5.93. The van der Waals surface area contributed by atoms with Gasteiger partial charge in [0.2, 0.25) is 0 Å². The van der Waals surface area contributed by atoms with Crippen LogP contribution in [-0.2, 0) is 0 Å². The lowest BCUT2D eigenvalue weighted by molar-refractivity contribution is -0.385. The zero-order valence-electron chi connectivity index (χ0n) is 11.1. The normalized spacial score (nSPS) is 10.7. The van der Waals surface area contributed by atoms with E-state index in [0.29, 0.717) is 5.56 Å². The second-order valence-corrected chi connectivity index (χ2v) is 4.37. The van der Waals surface area contributed by atoms with Crippen LogP contribution in [-0.4, -0.2) is 11.1 Å². The molecule has 0 amide bonds. The van der Waals surface area contributed by atoms with E-state index in [1.165, 1.54) is 12.3 Å². The minimum absolute atomic E-state index is 0.0454. The number of allylic oxidation sites excluding steroid dienone is 1. The molecular formula is C16H14N2O2. The standard InChI is InChI=1S/C16H14N2O2/c1-12(2)14-8-4-5-9-15(14)17-11-13-7-3-6-10-16(13)18(19)20/h3-11H,1H2,2H3. The lowest BCUT2D eigenvalue weighted by atomic mass is 10.1. The van der Waals surface area contributed by atoms with Gasteiger partial charge in [0.05, 0.1) is 16.2 Å². The first-order chi connectivity index (χ1) is 9.59. The molecule has 0 radical (unpaired) electrons. The Hall–Kier alpha value is -2.75. The van der Waals surface area contributed by atoms with Crippen LogP contribution in [0, 0.1) is 10.1 Å². The molecule has 4 nitrogen and oxygen atoms in total. The Balaban J connectivity index is 2.40. The second-order valence-electron chi connectivity index (χ2n) is 4.37. The lowest BCUT2D eigenvalue weighted by Gasteiger charge is -2.04. The summed E-state index contributed by atoms with van der Waals surface area (Å²) in [4.78, 5) is 14.9. The molecule has 0 aliphatic heterocycles. The van der Waals surface area contributed by atoms with E-state index in [1.807, 2.05) is 31.2 Å². The fourth-order valence-electron chi connectivity index (χ4n) is 1.85. The average Bonchev–Trinajstić information content (AvgIpc) is 2.45. The van der Waals surface area contributed by atoms with Crippen molar-refractivity contribution in [3.8, 4) is 0 Å². The van der Waals surface area contributed by atoms with Gasteiger partial charge in [-0.25, -0.2) is 0 Å². The van der Waals surface area contributed by atoms with E-state index in [4.69, 9.17) is 0 Å². The summed E-state index contributed by atoms with van der Waals surface area (Å²) < 4.78 is 0. The van der Waals surface area contributed by atoms with Gasteiger partial charge in [0, 0.05) is 17.8 Å². The maximum Gasteiger partial charge on any atom is 0.278 e. The molecule has 20 heavy (non-hydrogen) atoms. The number of hydrogen-bond donors (Lipinski definition) is 0. The minimum atomic E-state index is -0.411. The van der Waals surface area contributed by atoms with Gasteiger partial charge in [-0.15, -0.1) is 0 Å². The molecule has 0 aliphatic carbocycles. The van der Waals surface area contributed by atoms with Crippen LogP contribution in [0.4, 0.5) is 11.4 Å². The Kier molecular flexibility index (Phi) is 4.05. The Morgan fingerprint density at radius 1 is 1.20 bits per heavy atom. The third-order valence-corrected chi connectivity index (χ3v) is 2.84. The summed E-state index contributed by atoms with van der Waals surface area (Å²) in [6.07, 6.45) is 1.51. The predicted molar refractivity (Wildman–Crippen MR) is 81.5 cm³/mol. The molecule has 2 rings (SSSR count). The van der Waals surface area contributed by atoms with Gasteiger partial charge in [-0.1, -0.05) is 36.9 Å². The highest BCUT2D eigenvalue weighted by molar-refractivity contribution is 5.88. The van der Waals surface area contributed by atoms with Crippen molar-refractivity contribution in [2.45, 2.75) is 6.92 Å². The molecule has 4 heteroatoms. The zero-order valence-corrected chi connectivity index (χ0v) is 11.1. The van der Waals surface area contributed by atoms with E-state index in [0.717, 1.165) is 16.8 Å². The molecule has 0 saturated heterocycles. The number of rotatable bonds is 4. The molecule has 0 heterocycles. The summed E-state index contributed by atoms with van der Waals surface area (Å²) in [5.41, 5.74) is 3.11. The van der Waals surface area contributed by atoms with Crippen molar-refractivity contribution in [1.82, 2.24) is 0 Å². The number of hydrogen-bond acceptors (Lipinski definition) is 3. The van der Waals surface area contributed by atoms with E-state index in [9.17, 15) is 10.1 Å². The van der Waals surface area contributed by atoms with E-state index < -0.39 is 4.92 Å². The molecule has 100 valence electrons. The maximum absolute atomic E-state index is 10.9. The number of nitro benzene ring substituents is 1. The molecule has 0 spiro atoms. The molecule has 0 bridgehead atoms. The minimum Gasteiger partial charge on any atom is -0.258 e. The highest BCUT2D eigenvalue weighted by Gasteiger charge is 2.10. The Morgan fingerprint density at radius 2 is 1.85 bits per heavy atom. The molecule has 0 atom stereocenters. The Morgan fingerprint density at radius 3 is 2.55 bits per heavy atom. The van der Waals surface area contributed by atoms with E-state index in [-0.39, 0.29) is 5.69 Å². The lowest BCUT2D eigenvalue weighted by Crippen LogP contribution is -1.93. The molecule has 2 aromatic rings. The van der Waals surface area contributed by atoms with Crippen LogP contribution in [0.5, 0.6) is 0 Å². The smallest absolute Gasteiger partial charge is 0.258 e. The van der Waals surface area contributed by atoms with Crippen molar-refractivity contribution in [2.24, 2.45) is 4.99 Å². The summed E-state index contributed by atoms with van der Waals surface area (Å²) >= 11 is 0. The van der Waals surface area contributed by atoms with Crippen molar-refractivity contribution in [3.63, 3.8) is 0 Å². The first-order valence-corrected chi connectivity index (χ1v) is 6.12. The van der Waals surface area contributed by atoms with E-state index in [1.54, 1.807) is 18.2 Å². The third kappa shape index (κ3) is 2.98. The van der Waals surface area contributed by atoms with Gasteiger partial charge >= 0.3 is 0 Å². The molecule has 2 aromatic carbocycles. The van der Waals surface area contributed by atoms with Crippen LogP contribution < -0.4 is 0 Å². The summed E-state index contributed by atoms with van der Waals surface area (Å²) in [5, 5.41) is 10.9. The maximum atomic E-state index is 10.9. The van der Waals surface area contributed by atoms with Gasteiger partial charge in [-0.3, -0.25) is 15.1 Å². The first-order valence-electron chi connectivity index (χ1n) is 6.12. The van der Waals surface area contributed by atoms with Crippen molar-refractivity contribution >= 4 is 23.2 Å². The third-order valence-electron chi connectivity index (χ3n) is 2.84. The number of aliphatic imine (C=N–C) groups is 1. The summed E-state index contributed by atoms with van der Waals surface area (Å²) in [5.74, 6) is 0. The molecular weight excluding hydrogens is 252 g/mol. The average molecular weight is 266 g/mol. The highest BCUT2D eigenvalue weighted by atomic mass is 16.6. The van der Waals surface area contributed by atoms with Crippen LogP contribution >= 0.6 is 0 Å². The predicted octanol–water partition coefficient (Wildman–Crippen LogP) is 4.38. The van der Waals surface area contributed by atoms with Gasteiger partial charge in [-0.05, 0) is 24.6 Å². The summed E-state index contributed by atoms with van der Waals surface area (Å²) in [6.45, 7) is 5.81. The van der Waals surface area contributed by atoms with Gasteiger partial charge in [0.1, 0.15) is 0 Å². The fourth-order valence-corrected chi connectivity index (χ4v) is 1.85. The van der Waals surface area contributed by atoms with Crippen LogP contribution in [0.25, 0.3) is 5.57 Å². The van der Waals surface area contributed by atoms with Gasteiger partial charge < -0.3 is 0 Å². The molecule has 0 aliphatic rings. The van der Waals surface area contributed by atoms with Crippen molar-refractivity contribution in [3.05, 3.63) is 76.4 Å². The van der Waals surface area contributed by atoms with Crippen molar-refractivity contribution < 1.29 is 4.92 Å². The molecule has 0 N–H and O–H groups in total. The number of nitro groups is 1. The Bertz CT molecular complexity index is 631. The Labute approximate surface area is 117 Å². The SMILES string of the molecule is C=C(C)c1ccccc1N=Cc1ccccc1[N+](=O)[O-]. The highest BCUT2D eigenvalue weighted by Crippen LogP contribution is 2.25. The largest absolute Gasteiger partial charge is 0.278 e. The molecule has 0 unspecified atom stereocenters. The summed E-state index contributed by atoms with van der Waals surface area (Å²) in [7, 11) is 0. The molecule has 0 aromatic heterocycles. The number of para-hydroxylation sites is 2. The van der Waals surface area contributed by atoms with Crippen LogP contribution in [0.2, 0.25) is 0 Å². The monoisotopic (exact) mass is 266 g/mol. The fraction of sp³-hybridized carbons (Fsp3) is 0.0625. The zero-order chi connectivity index (χ0) is 14.5. The van der Waals surface area contributed by atoms with Crippen LogP contribution in [0.1, 0.15) is 18.1 Å².